The molecule has 0 radical (unpaired) electrons. The molecule has 66 valence electrons. The Morgan fingerprint density at radius 1 is 1.64 bits per heavy atom. The van der Waals surface area contributed by atoms with Gasteiger partial charge in [-0.25, -0.2) is 0 Å². The largest absolute Gasteiger partial charge is 0.465 e. The van der Waals surface area contributed by atoms with Crippen molar-refractivity contribution in [3.63, 3.8) is 0 Å². The quantitative estimate of drug-likeness (QED) is 0.484. The highest BCUT2D eigenvalue weighted by Crippen LogP contribution is 1.99. The lowest BCUT2D eigenvalue weighted by molar-refractivity contribution is -0.142. The number of ether oxygens (including phenoxy) is 1. The summed E-state index contributed by atoms with van der Waals surface area (Å²) < 4.78 is 33.3. The van der Waals surface area contributed by atoms with Gasteiger partial charge in [-0.1, -0.05) is 0 Å². The smallest absolute Gasteiger partial charge is 0.326 e. The van der Waals surface area contributed by atoms with Crippen molar-refractivity contribution in [1.82, 2.24) is 0 Å². The van der Waals surface area contributed by atoms with Crippen molar-refractivity contribution in [1.29, 1.82) is 0 Å². The van der Waals surface area contributed by atoms with Gasteiger partial charge in [0.05, 0.1) is 6.61 Å². The highest BCUT2D eigenvalue weighted by Gasteiger charge is 2.26. The van der Waals surface area contributed by atoms with Crippen LogP contribution in [0, 0.1) is 0 Å². The topological polar surface area (TPSA) is 80.7 Å². The van der Waals surface area contributed by atoms with E-state index >= 15 is 0 Å². The fourth-order valence-electron chi connectivity index (χ4n) is 0.381. The lowest BCUT2D eigenvalue weighted by atomic mass is 10.5. The summed E-state index contributed by atoms with van der Waals surface area (Å²) in [6, 6.07) is 0. The maximum atomic E-state index is 10.6. The van der Waals surface area contributed by atoms with Crippen molar-refractivity contribution in [2.75, 3.05) is 6.61 Å². The molecule has 11 heavy (non-hydrogen) atoms. The molecule has 0 aliphatic rings. The minimum atomic E-state index is -4.30. The lowest BCUT2D eigenvalue weighted by Gasteiger charge is -2.05. The van der Waals surface area contributed by atoms with Gasteiger partial charge in [0.25, 0.3) is 10.1 Å². The number of carbonyl (C=O) groups is 1. The standard InChI is InChI=1S/C5H10O5S/c1-3-10-5(6)4(2)11(7,8)9/h4H,3H2,1-2H3,(H,7,8,9)/t4-/m0/s1. The van der Waals surface area contributed by atoms with Gasteiger partial charge in [-0.15, -0.1) is 0 Å². The zero-order valence-electron chi connectivity index (χ0n) is 6.27. The van der Waals surface area contributed by atoms with E-state index in [1.165, 1.54) is 0 Å². The summed E-state index contributed by atoms with van der Waals surface area (Å²) in [5.41, 5.74) is 0. The normalized spacial score (nSPS) is 14.1. The number of esters is 1. The third kappa shape index (κ3) is 3.33. The Morgan fingerprint density at radius 2 is 2.09 bits per heavy atom. The van der Waals surface area contributed by atoms with Crippen molar-refractivity contribution in [3.8, 4) is 0 Å². The summed E-state index contributed by atoms with van der Waals surface area (Å²) in [6.07, 6.45) is 0. The Labute approximate surface area is 65.1 Å². The van der Waals surface area contributed by atoms with Crippen LogP contribution in [-0.2, 0) is 19.6 Å². The Balaban J connectivity index is 4.27. The Kier molecular flexibility index (Phi) is 3.47. The Hall–Kier alpha value is -0.620. The predicted octanol–water partition coefficient (Wildman–Crippen LogP) is -0.174. The van der Waals surface area contributed by atoms with Gasteiger partial charge in [-0.05, 0) is 13.8 Å². The molecule has 0 heterocycles. The molecule has 0 unspecified atom stereocenters. The fraction of sp³-hybridized carbons (Fsp3) is 0.800. The van der Waals surface area contributed by atoms with Gasteiger partial charge in [0.15, 0.2) is 5.25 Å². The third-order valence-corrected chi connectivity index (χ3v) is 2.15. The summed E-state index contributed by atoms with van der Waals surface area (Å²) in [5.74, 6) is -0.935. The van der Waals surface area contributed by atoms with Crippen LogP contribution in [0.5, 0.6) is 0 Å². The van der Waals surface area contributed by atoms with Gasteiger partial charge in [0.2, 0.25) is 0 Å². The highest BCUT2D eigenvalue weighted by atomic mass is 32.2. The second-order valence-corrected chi connectivity index (χ2v) is 3.65. The molecule has 1 N–H and O–H groups in total. The minimum absolute atomic E-state index is 0.0959. The van der Waals surface area contributed by atoms with E-state index in [1.54, 1.807) is 6.92 Å². The first kappa shape index (κ1) is 10.4. The molecule has 0 bridgehead atoms. The second kappa shape index (κ2) is 3.68. The van der Waals surface area contributed by atoms with Crippen LogP contribution in [0.3, 0.4) is 0 Å². The third-order valence-electron chi connectivity index (χ3n) is 1.07. The van der Waals surface area contributed by atoms with Crippen molar-refractivity contribution in [2.45, 2.75) is 19.1 Å². The first-order valence-electron chi connectivity index (χ1n) is 3.02. The van der Waals surface area contributed by atoms with E-state index in [2.05, 4.69) is 4.74 Å². The molecular formula is C5H10O5S. The monoisotopic (exact) mass is 182 g/mol. The van der Waals surface area contributed by atoms with E-state index < -0.39 is 21.3 Å². The van der Waals surface area contributed by atoms with Gasteiger partial charge in [-0.3, -0.25) is 9.35 Å². The summed E-state index contributed by atoms with van der Waals surface area (Å²) in [6.45, 7) is 2.71. The minimum Gasteiger partial charge on any atom is -0.465 e. The fourth-order valence-corrected chi connectivity index (χ4v) is 0.692. The molecule has 0 aromatic carbocycles. The average Bonchev–Trinajstić information content (AvgIpc) is 1.85. The Morgan fingerprint density at radius 3 is 2.36 bits per heavy atom. The van der Waals surface area contributed by atoms with Crippen molar-refractivity contribution >= 4 is 16.1 Å². The van der Waals surface area contributed by atoms with Crippen molar-refractivity contribution in [2.24, 2.45) is 0 Å². The van der Waals surface area contributed by atoms with Crippen molar-refractivity contribution < 1.29 is 22.5 Å². The summed E-state index contributed by atoms with van der Waals surface area (Å²) in [5, 5.41) is -1.50. The number of hydrogen-bond acceptors (Lipinski definition) is 4. The van der Waals surface area contributed by atoms with Crippen LogP contribution in [0.2, 0.25) is 0 Å². The predicted molar refractivity (Wildman–Crippen MR) is 37.6 cm³/mol. The van der Waals surface area contributed by atoms with Crippen molar-refractivity contribution in [3.05, 3.63) is 0 Å². The van der Waals surface area contributed by atoms with Gasteiger partial charge in [0.1, 0.15) is 0 Å². The van der Waals surface area contributed by atoms with Gasteiger partial charge >= 0.3 is 5.97 Å². The van der Waals surface area contributed by atoms with Gasteiger partial charge in [-0.2, -0.15) is 8.42 Å². The number of carbonyl (C=O) groups excluding carboxylic acids is 1. The molecule has 0 saturated heterocycles. The van der Waals surface area contributed by atoms with E-state index in [-0.39, 0.29) is 6.61 Å². The molecule has 0 rings (SSSR count). The van der Waals surface area contributed by atoms with Gasteiger partial charge in [0, 0.05) is 0 Å². The molecule has 0 saturated carbocycles. The van der Waals surface area contributed by atoms with E-state index in [4.69, 9.17) is 4.55 Å². The van der Waals surface area contributed by atoms with E-state index in [0.29, 0.717) is 0 Å². The summed E-state index contributed by atoms with van der Waals surface area (Å²) >= 11 is 0. The maximum Gasteiger partial charge on any atom is 0.326 e. The Bertz CT molecular complexity index is 229. The molecule has 0 aliphatic heterocycles. The SMILES string of the molecule is CCOC(=O)[C@H](C)S(=O)(=O)O. The molecule has 0 aromatic heterocycles. The van der Waals surface area contributed by atoms with E-state index in [1.807, 2.05) is 0 Å². The summed E-state index contributed by atoms with van der Waals surface area (Å²) in [4.78, 5) is 10.6. The molecule has 0 aliphatic carbocycles. The van der Waals surface area contributed by atoms with Crippen LogP contribution in [0.15, 0.2) is 0 Å². The molecule has 6 heteroatoms. The van der Waals surface area contributed by atoms with Crippen LogP contribution in [0.25, 0.3) is 0 Å². The van der Waals surface area contributed by atoms with E-state index in [0.717, 1.165) is 6.92 Å². The van der Waals surface area contributed by atoms with Crippen LogP contribution in [0.1, 0.15) is 13.8 Å². The van der Waals surface area contributed by atoms with E-state index in [9.17, 15) is 13.2 Å². The highest BCUT2D eigenvalue weighted by molar-refractivity contribution is 7.87. The maximum absolute atomic E-state index is 10.6. The van der Waals surface area contributed by atoms with Gasteiger partial charge < -0.3 is 4.74 Å². The first-order valence-corrected chi connectivity index (χ1v) is 4.52. The number of rotatable bonds is 3. The molecule has 1 atom stereocenters. The zero-order valence-corrected chi connectivity index (χ0v) is 7.09. The molecular weight excluding hydrogens is 172 g/mol. The van der Waals surface area contributed by atoms with Crippen LogP contribution < -0.4 is 0 Å². The molecule has 0 fully saturated rings. The van der Waals surface area contributed by atoms with Crippen LogP contribution in [-0.4, -0.2) is 30.8 Å². The molecule has 0 aromatic rings. The van der Waals surface area contributed by atoms with Crippen LogP contribution in [0.4, 0.5) is 0 Å². The average molecular weight is 182 g/mol. The number of hydrogen-bond donors (Lipinski definition) is 1. The van der Waals surface area contributed by atoms with Crippen LogP contribution >= 0.6 is 0 Å². The first-order chi connectivity index (χ1) is 4.89. The lowest BCUT2D eigenvalue weighted by Crippen LogP contribution is -2.28. The summed E-state index contributed by atoms with van der Waals surface area (Å²) in [7, 11) is -4.30. The second-order valence-electron chi connectivity index (χ2n) is 1.91. The molecule has 0 spiro atoms. The zero-order chi connectivity index (χ0) is 9.07. The molecule has 5 nitrogen and oxygen atoms in total. The molecule has 0 amide bonds.